The van der Waals surface area contributed by atoms with E-state index in [1.807, 2.05) is 0 Å². The van der Waals surface area contributed by atoms with Gasteiger partial charge in [-0.2, -0.15) is 0 Å². The van der Waals surface area contributed by atoms with Crippen molar-refractivity contribution in [3.63, 3.8) is 0 Å². The molecule has 0 bridgehead atoms. The van der Waals surface area contributed by atoms with Crippen molar-refractivity contribution in [3.05, 3.63) is 33.8 Å². The second kappa shape index (κ2) is 8.61. The zero-order valence-electron chi connectivity index (χ0n) is 13.7. The molecule has 0 aromatic heterocycles. The molecule has 1 aliphatic carbocycles. The molecule has 1 N–H and O–H groups in total. The average molecular weight is 383 g/mol. The van der Waals surface area contributed by atoms with Crippen LogP contribution in [0.4, 0.5) is 0 Å². The smallest absolute Gasteiger partial charge is 0.157 e. The van der Waals surface area contributed by atoms with Crippen LogP contribution in [0, 0.1) is 0 Å². The van der Waals surface area contributed by atoms with Crippen molar-refractivity contribution in [2.45, 2.75) is 69.7 Å². The van der Waals surface area contributed by atoms with Gasteiger partial charge < -0.3 is 14.6 Å². The Balaban J connectivity index is 1.67. The maximum absolute atomic E-state index is 10.8. The van der Waals surface area contributed by atoms with Crippen molar-refractivity contribution in [2.75, 3.05) is 13.2 Å². The molecule has 2 fully saturated rings. The van der Waals surface area contributed by atoms with E-state index < -0.39 is 6.10 Å². The Bertz CT molecular complexity index is 493. The molecule has 0 radical (unpaired) electrons. The lowest BCUT2D eigenvalue weighted by molar-refractivity contribution is -0.183. The Morgan fingerprint density at radius 3 is 2.57 bits per heavy atom. The lowest BCUT2D eigenvalue weighted by Crippen LogP contribution is -2.25. The third-order valence-corrected chi connectivity index (χ3v) is 5.52. The normalized spacial score (nSPS) is 22.2. The zero-order valence-corrected chi connectivity index (χ0v) is 15.3. The fourth-order valence-electron chi connectivity index (χ4n) is 3.77. The quantitative estimate of drug-likeness (QED) is 0.771. The first-order chi connectivity index (χ1) is 11.2. The zero-order chi connectivity index (χ0) is 16.1. The number of aliphatic hydroxyl groups excluding tert-OH is 1. The van der Waals surface area contributed by atoms with Crippen LogP contribution in [0.5, 0.6) is 0 Å². The maximum Gasteiger partial charge on any atom is 0.157 e. The van der Waals surface area contributed by atoms with Gasteiger partial charge in [-0.1, -0.05) is 41.3 Å². The average Bonchev–Trinajstić information content (AvgIpc) is 2.61. The molecule has 1 saturated carbocycles. The highest BCUT2D eigenvalue weighted by atomic mass is 79.9. The van der Waals surface area contributed by atoms with Crippen LogP contribution in [0.2, 0.25) is 0 Å². The molecule has 1 unspecified atom stereocenters. The molecule has 23 heavy (non-hydrogen) atoms. The molecule has 0 amide bonds. The molecular formula is C19H27BrO3. The highest BCUT2D eigenvalue weighted by Gasteiger charge is 2.23. The Labute approximate surface area is 147 Å². The summed E-state index contributed by atoms with van der Waals surface area (Å²) >= 11 is 3.56. The SMILES string of the molecule is OC(CCC1OCCCO1)c1cc(Br)ccc1C1CCCCC1. The van der Waals surface area contributed by atoms with Crippen molar-refractivity contribution in [2.24, 2.45) is 0 Å². The number of hydrogen-bond donors (Lipinski definition) is 1. The van der Waals surface area contributed by atoms with Crippen molar-refractivity contribution in [1.29, 1.82) is 0 Å². The molecule has 128 valence electrons. The predicted molar refractivity (Wildman–Crippen MR) is 94.5 cm³/mol. The summed E-state index contributed by atoms with van der Waals surface area (Å²) < 4.78 is 12.2. The minimum atomic E-state index is -0.446. The van der Waals surface area contributed by atoms with Gasteiger partial charge in [0.15, 0.2) is 6.29 Å². The summed E-state index contributed by atoms with van der Waals surface area (Å²) in [6.45, 7) is 1.54. The Morgan fingerprint density at radius 1 is 1.09 bits per heavy atom. The summed E-state index contributed by atoms with van der Waals surface area (Å²) in [5.74, 6) is 0.601. The Morgan fingerprint density at radius 2 is 1.83 bits per heavy atom. The van der Waals surface area contributed by atoms with Crippen molar-refractivity contribution >= 4 is 15.9 Å². The van der Waals surface area contributed by atoms with Gasteiger partial charge in [-0.15, -0.1) is 0 Å². The van der Waals surface area contributed by atoms with Gasteiger partial charge in [0.2, 0.25) is 0 Å². The molecule has 1 heterocycles. The van der Waals surface area contributed by atoms with Gasteiger partial charge in [-0.05, 0) is 54.9 Å². The summed E-state index contributed by atoms with van der Waals surface area (Å²) in [6.07, 6.45) is 8.25. The van der Waals surface area contributed by atoms with E-state index in [1.165, 1.54) is 37.7 Å². The molecule has 1 saturated heterocycles. The number of benzene rings is 1. The summed E-state index contributed by atoms with van der Waals surface area (Å²) in [4.78, 5) is 0. The van der Waals surface area contributed by atoms with Gasteiger partial charge in [-0.3, -0.25) is 0 Å². The van der Waals surface area contributed by atoms with E-state index in [0.717, 1.165) is 36.1 Å². The lowest BCUT2D eigenvalue weighted by Gasteiger charge is -2.27. The molecule has 1 aromatic carbocycles. The fourth-order valence-corrected chi connectivity index (χ4v) is 4.15. The van der Waals surface area contributed by atoms with Crippen LogP contribution in [0.15, 0.2) is 22.7 Å². The van der Waals surface area contributed by atoms with Crippen molar-refractivity contribution in [1.82, 2.24) is 0 Å². The molecule has 1 aromatic rings. The van der Waals surface area contributed by atoms with E-state index in [1.54, 1.807) is 0 Å². The van der Waals surface area contributed by atoms with Crippen LogP contribution in [0.1, 0.15) is 74.5 Å². The number of rotatable bonds is 5. The second-order valence-corrected chi connectivity index (χ2v) is 7.64. The second-order valence-electron chi connectivity index (χ2n) is 6.73. The monoisotopic (exact) mass is 382 g/mol. The summed E-state index contributed by atoms with van der Waals surface area (Å²) in [6, 6.07) is 6.40. The van der Waals surface area contributed by atoms with Gasteiger partial charge in [-0.25, -0.2) is 0 Å². The number of hydrogen-bond acceptors (Lipinski definition) is 3. The number of ether oxygens (including phenoxy) is 2. The van der Waals surface area contributed by atoms with Gasteiger partial charge in [0.1, 0.15) is 0 Å². The topological polar surface area (TPSA) is 38.7 Å². The highest BCUT2D eigenvalue weighted by molar-refractivity contribution is 9.10. The fraction of sp³-hybridized carbons (Fsp3) is 0.684. The van der Waals surface area contributed by atoms with Crippen LogP contribution >= 0.6 is 15.9 Å². The lowest BCUT2D eigenvalue weighted by atomic mass is 9.81. The van der Waals surface area contributed by atoms with Crippen LogP contribution in [0.25, 0.3) is 0 Å². The van der Waals surface area contributed by atoms with E-state index >= 15 is 0 Å². The van der Waals surface area contributed by atoms with Crippen molar-refractivity contribution in [3.8, 4) is 0 Å². The predicted octanol–water partition coefficient (Wildman–Crippen LogP) is 5.07. The van der Waals surface area contributed by atoms with Crippen LogP contribution in [-0.2, 0) is 9.47 Å². The Hall–Kier alpha value is -0.420. The summed E-state index contributed by atoms with van der Waals surface area (Å²) in [7, 11) is 0. The minimum Gasteiger partial charge on any atom is -0.388 e. The van der Waals surface area contributed by atoms with E-state index in [0.29, 0.717) is 12.3 Å². The third-order valence-electron chi connectivity index (χ3n) is 5.02. The Kier molecular flexibility index (Phi) is 6.52. The molecule has 3 rings (SSSR count). The first-order valence-corrected chi connectivity index (χ1v) is 9.74. The third kappa shape index (κ3) is 4.79. The van der Waals surface area contributed by atoms with E-state index in [4.69, 9.17) is 9.47 Å². The van der Waals surface area contributed by atoms with Gasteiger partial charge in [0.25, 0.3) is 0 Å². The van der Waals surface area contributed by atoms with Gasteiger partial charge in [0.05, 0.1) is 19.3 Å². The molecule has 2 aliphatic rings. The van der Waals surface area contributed by atoms with E-state index in [2.05, 4.69) is 34.1 Å². The molecule has 1 atom stereocenters. The highest BCUT2D eigenvalue weighted by Crippen LogP contribution is 2.38. The van der Waals surface area contributed by atoms with Gasteiger partial charge >= 0.3 is 0 Å². The number of aliphatic hydroxyl groups is 1. The van der Waals surface area contributed by atoms with E-state index in [-0.39, 0.29) is 6.29 Å². The molecule has 4 heteroatoms. The number of halogens is 1. The van der Waals surface area contributed by atoms with Gasteiger partial charge in [0, 0.05) is 10.9 Å². The first-order valence-electron chi connectivity index (χ1n) is 8.94. The summed E-state index contributed by atoms with van der Waals surface area (Å²) in [5, 5.41) is 10.8. The molecular weight excluding hydrogens is 356 g/mol. The van der Waals surface area contributed by atoms with Crippen LogP contribution in [0.3, 0.4) is 0 Å². The first kappa shape index (κ1) is 17.4. The molecule has 1 aliphatic heterocycles. The minimum absolute atomic E-state index is 0.149. The van der Waals surface area contributed by atoms with Crippen LogP contribution < -0.4 is 0 Å². The largest absolute Gasteiger partial charge is 0.388 e. The van der Waals surface area contributed by atoms with Crippen molar-refractivity contribution < 1.29 is 14.6 Å². The molecule has 3 nitrogen and oxygen atoms in total. The van der Waals surface area contributed by atoms with Crippen LogP contribution in [-0.4, -0.2) is 24.6 Å². The summed E-state index contributed by atoms with van der Waals surface area (Å²) in [5.41, 5.74) is 2.42. The maximum atomic E-state index is 10.8. The molecule has 0 spiro atoms. The van der Waals surface area contributed by atoms with E-state index in [9.17, 15) is 5.11 Å². The standard InChI is InChI=1S/C19H27BrO3/c20-15-7-8-16(14-5-2-1-3-6-14)17(13-15)18(21)9-10-19-22-11-4-12-23-19/h7-8,13-14,18-19,21H,1-6,9-12H2.